The summed E-state index contributed by atoms with van der Waals surface area (Å²) in [6.07, 6.45) is 3.41. The Bertz CT molecular complexity index is 350. The highest BCUT2D eigenvalue weighted by Crippen LogP contribution is 2.26. The number of unbranched alkanes of at least 4 members (excludes halogenated alkanes) is 1. The van der Waals surface area contributed by atoms with Crippen LogP contribution in [0.2, 0.25) is 5.02 Å². The molecule has 0 saturated heterocycles. The summed E-state index contributed by atoms with van der Waals surface area (Å²) in [5, 5.41) is 0.782. The van der Waals surface area contributed by atoms with Gasteiger partial charge in [0.05, 0.1) is 0 Å². The number of benzene rings is 1. The van der Waals surface area contributed by atoms with Gasteiger partial charge >= 0.3 is 0 Å². The molecule has 0 aliphatic rings. The molecule has 0 amide bonds. The van der Waals surface area contributed by atoms with E-state index in [1.807, 2.05) is 12.1 Å². The maximum Gasteiger partial charge on any atom is 0.0498 e. The van der Waals surface area contributed by atoms with Gasteiger partial charge in [-0.1, -0.05) is 50.9 Å². The van der Waals surface area contributed by atoms with Crippen molar-refractivity contribution in [3.05, 3.63) is 34.9 Å². The van der Waals surface area contributed by atoms with Crippen LogP contribution in [-0.4, -0.2) is 24.0 Å². The first-order chi connectivity index (χ1) is 9.13. The third-order valence-corrected chi connectivity index (χ3v) is 3.94. The highest BCUT2D eigenvalue weighted by Gasteiger charge is 2.24. The minimum Gasteiger partial charge on any atom is -0.326 e. The molecular weight excluding hydrogens is 256 g/mol. The van der Waals surface area contributed by atoms with Crippen molar-refractivity contribution in [1.82, 2.24) is 4.90 Å². The van der Waals surface area contributed by atoms with Crippen molar-refractivity contribution in [1.29, 1.82) is 0 Å². The molecule has 19 heavy (non-hydrogen) atoms. The van der Waals surface area contributed by atoms with Crippen molar-refractivity contribution in [3.63, 3.8) is 0 Å². The standard InChI is InChI=1S/C16H27ClN2/c1-4-7-12-19(6-3)16(15(18)5-2)13-8-10-14(17)11-9-13/h8-11,15-16H,4-7,12,18H2,1-3H3. The normalized spacial score (nSPS) is 14.6. The minimum absolute atomic E-state index is 0.165. The van der Waals surface area contributed by atoms with Gasteiger partial charge in [0.25, 0.3) is 0 Å². The summed E-state index contributed by atoms with van der Waals surface area (Å²) in [5.74, 6) is 0. The molecule has 0 aliphatic heterocycles. The van der Waals surface area contributed by atoms with Gasteiger partial charge in [-0.3, -0.25) is 4.90 Å². The van der Waals surface area contributed by atoms with Crippen molar-refractivity contribution in [3.8, 4) is 0 Å². The lowest BCUT2D eigenvalue weighted by atomic mass is 9.96. The molecule has 0 heterocycles. The maximum atomic E-state index is 6.36. The number of hydrogen-bond acceptors (Lipinski definition) is 2. The van der Waals surface area contributed by atoms with Crippen molar-refractivity contribution in [2.24, 2.45) is 5.73 Å². The van der Waals surface area contributed by atoms with Gasteiger partial charge in [-0.15, -0.1) is 0 Å². The molecule has 0 fully saturated rings. The van der Waals surface area contributed by atoms with E-state index >= 15 is 0 Å². The number of nitrogens with two attached hydrogens (primary N) is 1. The smallest absolute Gasteiger partial charge is 0.0498 e. The van der Waals surface area contributed by atoms with Crippen LogP contribution >= 0.6 is 11.6 Å². The molecule has 2 atom stereocenters. The van der Waals surface area contributed by atoms with E-state index in [2.05, 4.69) is 37.8 Å². The molecule has 1 aromatic carbocycles. The molecule has 0 aliphatic carbocycles. The van der Waals surface area contributed by atoms with Crippen molar-refractivity contribution in [2.45, 2.75) is 52.1 Å². The van der Waals surface area contributed by atoms with E-state index in [4.69, 9.17) is 17.3 Å². The summed E-state index contributed by atoms with van der Waals surface area (Å²) >= 11 is 5.98. The molecule has 0 spiro atoms. The first-order valence-corrected chi connectivity index (χ1v) is 7.76. The van der Waals surface area contributed by atoms with Crippen LogP contribution in [0.4, 0.5) is 0 Å². The second kappa shape index (κ2) is 8.57. The molecule has 0 saturated carbocycles. The zero-order valence-corrected chi connectivity index (χ0v) is 13.2. The summed E-state index contributed by atoms with van der Waals surface area (Å²) in [7, 11) is 0. The molecule has 3 heteroatoms. The fourth-order valence-corrected chi connectivity index (χ4v) is 2.59. The molecule has 2 nitrogen and oxygen atoms in total. The Hall–Kier alpha value is -0.570. The maximum absolute atomic E-state index is 6.36. The largest absolute Gasteiger partial charge is 0.326 e. The van der Waals surface area contributed by atoms with Crippen LogP contribution in [0, 0.1) is 0 Å². The van der Waals surface area contributed by atoms with E-state index in [1.165, 1.54) is 18.4 Å². The first kappa shape index (κ1) is 16.5. The molecule has 0 radical (unpaired) electrons. The molecule has 0 aromatic heterocycles. The van der Waals surface area contributed by atoms with Gasteiger partial charge in [-0.2, -0.15) is 0 Å². The predicted octanol–water partition coefficient (Wildman–Crippen LogP) is 4.24. The Morgan fingerprint density at radius 1 is 1.16 bits per heavy atom. The third-order valence-electron chi connectivity index (χ3n) is 3.69. The van der Waals surface area contributed by atoms with E-state index in [0.29, 0.717) is 6.04 Å². The number of halogens is 1. The first-order valence-electron chi connectivity index (χ1n) is 7.39. The topological polar surface area (TPSA) is 29.3 Å². The van der Waals surface area contributed by atoms with Crippen molar-refractivity contribution < 1.29 is 0 Å². The summed E-state index contributed by atoms with van der Waals surface area (Å²) < 4.78 is 0. The zero-order valence-electron chi connectivity index (χ0n) is 12.4. The Balaban J connectivity index is 2.95. The number of rotatable bonds is 8. The summed E-state index contributed by atoms with van der Waals surface area (Å²) in [6.45, 7) is 8.72. The van der Waals surface area contributed by atoms with E-state index in [1.54, 1.807) is 0 Å². The van der Waals surface area contributed by atoms with Crippen LogP contribution in [0.3, 0.4) is 0 Å². The van der Waals surface area contributed by atoms with Gasteiger partial charge < -0.3 is 5.73 Å². The number of likely N-dealkylation sites (N-methyl/N-ethyl adjacent to an activating group) is 1. The molecule has 1 aromatic rings. The number of nitrogens with zero attached hydrogens (tertiary/aromatic N) is 1. The lowest BCUT2D eigenvalue weighted by Gasteiger charge is -2.35. The van der Waals surface area contributed by atoms with E-state index in [0.717, 1.165) is 24.5 Å². The van der Waals surface area contributed by atoms with E-state index in [9.17, 15) is 0 Å². The van der Waals surface area contributed by atoms with Gasteiger partial charge in [0.15, 0.2) is 0 Å². The number of hydrogen-bond donors (Lipinski definition) is 1. The molecule has 2 unspecified atom stereocenters. The van der Waals surface area contributed by atoms with Gasteiger partial charge in [-0.25, -0.2) is 0 Å². The van der Waals surface area contributed by atoms with Crippen LogP contribution in [0.1, 0.15) is 51.6 Å². The van der Waals surface area contributed by atoms with Crippen LogP contribution in [0.5, 0.6) is 0 Å². The second-order valence-electron chi connectivity index (χ2n) is 5.05. The second-order valence-corrected chi connectivity index (χ2v) is 5.49. The summed E-state index contributed by atoms with van der Waals surface area (Å²) in [5.41, 5.74) is 7.64. The fraction of sp³-hybridized carbons (Fsp3) is 0.625. The minimum atomic E-state index is 0.165. The average Bonchev–Trinajstić information content (AvgIpc) is 2.44. The average molecular weight is 283 g/mol. The van der Waals surface area contributed by atoms with Crippen LogP contribution in [0.25, 0.3) is 0 Å². The van der Waals surface area contributed by atoms with Crippen LogP contribution < -0.4 is 5.73 Å². The lowest BCUT2D eigenvalue weighted by molar-refractivity contribution is 0.175. The van der Waals surface area contributed by atoms with Gasteiger partial charge in [0.1, 0.15) is 0 Å². The van der Waals surface area contributed by atoms with E-state index < -0.39 is 0 Å². The molecule has 1 rings (SSSR count). The van der Waals surface area contributed by atoms with Crippen LogP contribution in [-0.2, 0) is 0 Å². The Morgan fingerprint density at radius 3 is 2.26 bits per heavy atom. The quantitative estimate of drug-likeness (QED) is 0.773. The SMILES string of the molecule is CCCCN(CC)C(c1ccc(Cl)cc1)C(N)CC. The van der Waals surface area contributed by atoms with Gasteiger partial charge in [0.2, 0.25) is 0 Å². The summed E-state index contributed by atoms with van der Waals surface area (Å²) in [6, 6.07) is 8.59. The van der Waals surface area contributed by atoms with Gasteiger partial charge in [-0.05, 0) is 43.6 Å². The van der Waals surface area contributed by atoms with Crippen molar-refractivity contribution in [2.75, 3.05) is 13.1 Å². The monoisotopic (exact) mass is 282 g/mol. The van der Waals surface area contributed by atoms with Gasteiger partial charge in [0, 0.05) is 17.1 Å². The Morgan fingerprint density at radius 2 is 1.79 bits per heavy atom. The lowest BCUT2D eigenvalue weighted by Crippen LogP contribution is -2.41. The predicted molar refractivity (Wildman–Crippen MR) is 84.6 cm³/mol. The molecule has 2 N–H and O–H groups in total. The Labute approximate surface area is 122 Å². The highest BCUT2D eigenvalue weighted by molar-refractivity contribution is 6.30. The van der Waals surface area contributed by atoms with E-state index in [-0.39, 0.29) is 6.04 Å². The highest BCUT2D eigenvalue weighted by atomic mass is 35.5. The fourth-order valence-electron chi connectivity index (χ4n) is 2.47. The molecular formula is C16H27ClN2. The third kappa shape index (κ3) is 4.79. The van der Waals surface area contributed by atoms with Crippen molar-refractivity contribution >= 4 is 11.6 Å². The zero-order chi connectivity index (χ0) is 14.3. The molecule has 0 bridgehead atoms. The molecule has 108 valence electrons. The van der Waals surface area contributed by atoms with Crippen LogP contribution in [0.15, 0.2) is 24.3 Å². The Kier molecular flexibility index (Phi) is 7.44. The summed E-state index contributed by atoms with van der Waals surface area (Å²) in [4.78, 5) is 2.49.